The van der Waals surface area contributed by atoms with Gasteiger partial charge >= 0.3 is 23.9 Å². The molecule has 1 aliphatic heterocycles. The predicted octanol–water partition coefficient (Wildman–Crippen LogP) is 5.69. The van der Waals surface area contributed by atoms with Crippen LogP contribution in [-0.2, 0) is 49.3 Å². The minimum absolute atomic E-state index is 0.229. The van der Waals surface area contributed by atoms with E-state index in [1.807, 2.05) is 30.3 Å². The molecule has 10 nitrogen and oxygen atoms in total. The standard InChI is InChI=1S/C34H41ClO10/c1-19-7-6-8-28(15-19)44-27-12-9-24(10-13-27)16-26-17-25(11-14-29(26)35)31-33(42-22(4)38)34(43-23(5)39)32(41-21(3)37)30(45-31)18-40-20(2)36/h9-14,17,19,28,30-34H,6-8,15-16,18H2,1-5H3/t19-,28-,30-,31+,32-,33+,34+/m1/s1. The van der Waals surface area contributed by atoms with E-state index in [-0.39, 0.29) is 12.7 Å². The van der Waals surface area contributed by atoms with Crippen molar-refractivity contribution in [3.8, 4) is 5.75 Å². The van der Waals surface area contributed by atoms with E-state index in [2.05, 4.69) is 6.92 Å². The van der Waals surface area contributed by atoms with Crippen LogP contribution in [0.3, 0.4) is 0 Å². The van der Waals surface area contributed by atoms with E-state index in [0.29, 0.717) is 22.9 Å². The number of ether oxygens (including phenoxy) is 6. The van der Waals surface area contributed by atoms with E-state index in [9.17, 15) is 19.2 Å². The Hall–Kier alpha value is -3.63. The first-order chi connectivity index (χ1) is 21.4. The quantitative estimate of drug-likeness (QED) is 0.235. The summed E-state index contributed by atoms with van der Waals surface area (Å²) >= 11 is 6.64. The van der Waals surface area contributed by atoms with Crippen LogP contribution in [0.25, 0.3) is 0 Å². The molecule has 1 saturated carbocycles. The van der Waals surface area contributed by atoms with E-state index < -0.39 is 54.4 Å². The summed E-state index contributed by atoms with van der Waals surface area (Å²) in [5.41, 5.74) is 2.34. The first kappa shape index (κ1) is 34.2. The molecule has 11 heteroatoms. The average molecular weight is 645 g/mol. The summed E-state index contributed by atoms with van der Waals surface area (Å²) in [5, 5.41) is 0.515. The van der Waals surface area contributed by atoms with Crippen molar-refractivity contribution < 1.29 is 47.6 Å². The molecule has 2 fully saturated rings. The number of hydrogen-bond acceptors (Lipinski definition) is 10. The van der Waals surface area contributed by atoms with E-state index in [1.165, 1.54) is 40.5 Å². The van der Waals surface area contributed by atoms with Crippen LogP contribution in [-0.4, -0.2) is 61.0 Å². The SMILES string of the molecule is CC(=O)OC[C@H]1O[C@@H](c2ccc(Cl)c(Cc3ccc(O[C@@H]4CCC[C@@H](C)C4)cc3)c2)[C@H](OC(C)=O)[C@@H](OC(C)=O)[C@@H]1OC(C)=O. The van der Waals surface area contributed by atoms with Gasteiger partial charge in [-0.1, -0.05) is 49.2 Å². The van der Waals surface area contributed by atoms with Crippen LogP contribution >= 0.6 is 11.6 Å². The second kappa shape index (κ2) is 15.6. The van der Waals surface area contributed by atoms with Gasteiger partial charge in [0.1, 0.15) is 24.6 Å². The molecule has 1 heterocycles. The van der Waals surface area contributed by atoms with Gasteiger partial charge in [-0.2, -0.15) is 0 Å². The maximum Gasteiger partial charge on any atom is 0.303 e. The Morgan fingerprint density at radius 3 is 2.09 bits per heavy atom. The third-order valence-corrected chi connectivity index (χ3v) is 8.27. The zero-order valence-electron chi connectivity index (χ0n) is 26.3. The molecule has 1 saturated heterocycles. The van der Waals surface area contributed by atoms with Gasteiger partial charge < -0.3 is 28.4 Å². The molecule has 244 valence electrons. The molecule has 0 radical (unpaired) electrons. The lowest BCUT2D eigenvalue weighted by Crippen LogP contribution is -2.59. The van der Waals surface area contributed by atoms with Crippen LogP contribution in [0, 0.1) is 5.92 Å². The molecule has 2 aromatic carbocycles. The van der Waals surface area contributed by atoms with Gasteiger partial charge in [0.25, 0.3) is 0 Å². The smallest absolute Gasteiger partial charge is 0.303 e. The maximum absolute atomic E-state index is 12.3. The number of carbonyl (C=O) groups is 4. The molecule has 0 spiro atoms. The van der Waals surface area contributed by atoms with Crippen LogP contribution in [0.2, 0.25) is 5.02 Å². The Kier molecular flexibility index (Phi) is 11.9. The number of rotatable bonds is 10. The van der Waals surface area contributed by atoms with Crippen molar-refractivity contribution in [2.45, 2.75) is 103 Å². The van der Waals surface area contributed by atoms with Crippen LogP contribution < -0.4 is 4.74 Å². The molecule has 7 atom stereocenters. The van der Waals surface area contributed by atoms with E-state index >= 15 is 0 Å². The highest BCUT2D eigenvalue weighted by molar-refractivity contribution is 6.31. The molecule has 2 aromatic rings. The first-order valence-corrected chi connectivity index (χ1v) is 15.6. The summed E-state index contributed by atoms with van der Waals surface area (Å²) < 4.78 is 34.4. The highest BCUT2D eigenvalue weighted by Gasteiger charge is 2.52. The van der Waals surface area contributed by atoms with Crippen LogP contribution in [0.5, 0.6) is 5.75 Å². The molecule has 1 aliphatic carbocycles. The van der Waals surface area contributed by atoms with E-state index in [1.54, 1.807) is 12.1 Å². The van der Waals surface area contributed by atoms with E-state index in [4.69, 9.17) is 40.0 Å². The van der Waals surface area contributed by atoms with Crippen molar-refractivity contribution in [1.82, 2.24) is 0 Å². The minimum Gasteiger partial charge on any atom is -0.490 e. The summed E-state index contributed by atoms with van der Waals surface area (Å²) in [4.78, 5) is 48.1. The van der Waals surface area contributed by atoms with Crippen LogP contribution in [0.4, 0.5) is 0 Å². The highest BCUT2D eigenvalue weighted by Crippen LogP contribution is 2.39. The topological polar surface area (TPSA) is 124 Å². The molecule has 0 bridgehead atoms. The molecule has 0 amide bonds. The van der Waals surface area contributed by atoms with Crippen LogP contribution in [0.1, 0.15) is 83.1 Å². The van der Waals surface area contributed by atoms with Crippen molar-refractivity contribution in [1.29, 1.82) is 0 Å². The molecule has 2 aliphatic rings. The Balaban J connectivity index is 1.62. The zero-order valence-corrected chi connectivity index (χ0v) is 27.0. The monoisotopic (exact) mass is 644 g/mol. The van der Waals surface area contributed by atoms with Gasteiger partial charge in [-0.25, -0.2) is 0 Å². The summed E-state index contributed by atoms with van der Waals surface area (Å²) in [6, 6.07) is 13.2. The second-order valence-corrected chi connectivity index (χ2v) is 12.2. The molecule has 4 rings (SSSR count). The summed E-state index contributed by atoms with van der Waals surface area (Å²) in [7, 11) is 0. The van der Waals surface area contributed by atoms with Gasteiger partial charge in [0.05, 0.1) is 6.10 Å². The predicted molar refractivity (Wildman–Crippen MR) is 164 cm³/mol. The number of halogens is 1. The maximum atomic E-state index is 12.3. The highest BCUT2D eigenvalue weighted by atomic mass is 35.5. The van der Waals surface area contributed by atoms with Crippen molar-refractivity contribution in [3.05, 3.63) is 64.2 Å². The van der Waals surface area contributed by atoms with Gasteiger partial charge in [0.15, 0.2) is 18.3 Å². The number of carbonyl (C=O) groups excluding carboxylic acids is 4. The van der Waals surface area contributed by atoms with Crippen LogP contribution in [0.15, 0.2) is 42.5 Å². The van der Waals surface area contributed by atoms with Crippen molar-refractivity contribution >= 4 is 35.5 Å². The average Bonchev–Trinajstić information content (AvgIpc) is 2.96. The number of esters is 4. The number of hydrogen-bond donors (Lipinski definition) is 0. The molecule has 45 heavy (non-hydrogen) atoms. The molecular formula is C34H41ClO10. The normalized spacial score (nSPS) is 26.3. The van der Waals surface area contributed by atoms with Gasteiger partial charge in [-0.15, -0.1) is 0 Å². The lowest BCUT2D eigenvalue weighted by molar-refractivity contribution is -0.254. The molecule has 0 N–H and O–H groups in total. The minimum atomic E-state index is -1.26. The fourth-order valence-corrected chi connectivity index (χ4v) is 6.17. The Morgan fingerprint density at radius 2 is 1.47 bits per heavy atom. The summed E-state index contributed by atoms with van der Waals surface area (Å²) in [6.45, 7) is 6.77. The summed E-state index contributed by atoms with van der Waals surface area (Å²) in [5.74, 6) is -1.13. The van der Waals surface area contributed by atoms with Crippen molar-refractivity contribution in [2.24, 2.45) is 5.92 Å². The Labute approximate surface area is 268 Å². The van der Waals surface area contributed by atoms with Gasteiger partial charge in [0, 0.05) is 32.7 Å². The molecule has 0 unspecified atom stereocenters. The Morgan fingerprint density at radius 1 is 0.822 bits per heavy atom. The summed E-state index contributed by atoms with van der Waals surface area (Å²) in [6.07, 6.45) is -0.452. The first-order valence-electron chi connectivity index (χ1n) is 15.2. The van der Waals surface area contributed by atoms with Gasteiger partial charge in [0.2, 0.25) is 0 Å². The van der Waals surface area contributed by atoms with Gasteiger partial charge in [-0.3, -0.25) is 19.2 Å². The molecular weight excluding hydrogens is 604 g/mol. The Bertz CT molecular complexity index is 1360. The third kappa shape index (κ3) is 9.68. The third-order valence-electron chi connectivity index (χ3n) is 7.90. The largest absolute Gasteiger partial charge is 0.490 e. The molecule has 0 aromatic heterocycles. The number of benzene rings is 2. The van der Waals surface area contributed by atoms with E-state index in [0.717, 1.165) is 29.7 Å². The fourth-order valence-electron chi connectivity index (χ4n) is 5.99. The van der Waals surface area contributed by atoms with Crippen molar-refractivity contribution in [3.63, 3.8) is 0 Å². The fraction of sp³-hybridized carbons (Fsp3) is 0.529. The lowest BCUT2D eigenvalue weighted by Gasteiger charge is -2.44. The van der Waals surface area contributed by atoms with Crippen molar-refractivity contribution in [2.75, 3.05) is 6.61 Å². The second-order valence-electron chi connectivity index (χ2n) is 11.8. The van der Waals surface area contributed by atoms with Gasteiger partial charge in [-0.05, 0) is 66.5 Å². The zero-order chi connectivity index (χ0) is 32.7. The lowest BCUT2D eigenvalue weighted by atomic mass is 9.88.